The van der Waals surface area contributed by atoms with Crippen molar-refractivity contribution in [1.82, 2.24) is 10.2 Å². The van der Waals surface area contributed by atoms with Gasteiger partial charge < -0.3 is 0 Å². The van der Waals surface area contributed by atoms with Crippen molar-refractivity contribution in [1.29, 1.82) is 5.26 Å². The maximum Gasteiger partial charge on any atom is 0.169 e. The molecule has 1 atom stereocenters. The van der Waals surface area contributed by atoms with Gasteiger partial charge in [-0.05, 0) is 23.3 Å². The molecule has 3 nitrogen and oxygen atoms in total. The van der Waals surface area contributed by atoms with Crippen molar-refractivity contribution in [2.45, 2.75) is 11.8 Å². The number of rotatable bonds is 2. The SMILES string of the molecule is N#Cc1n[nH]c2c1C=CC(c1ccccc1)(c1ccc(F)c(F)c1)C2. The highest BCUT2D eigenvalue weighted by Gasteiger charge is 2.37. The maximum absolute atomic E-state index is 13.9. The van der Waals surface area contributed by atoms with E-state index in [2.05, 4.69) is 16.3 Å². The van der Waals surface area contributed by atoms with E-state index < -0.39 is 17.0 Å². The number of fused-ring (bicyclic) bond motifs is 1. The number of nitrogens with one attached hydrogen (secondary N) is 1. The lowest BCUT2D eigenvalue weighted by atomic mass is 9.68. The topological polar surface area (TPSA) is 52.5 Å². The number of hydrogen-bond acceptors (Lipinski definition) is 2. The Balaban J connectivity index is 1.93. The molecular formula is C20H13F2N3. The summed E-state index contributed by atoms with van der Waals surface area (Å²) in [4.78, 5) is 0. The Kier molecular flexibility index (Phi) is 3.47. The molecule has 122 valence electrons. The number of halogens is 2. The van der Waals surface area contributed by atoms with Crippen LogP contribution in [0.15, 0.2) is 54.6 Å². The Morgan fingerprint density at radius 1 is 1.04 bits per heavy atom. The summed E-state index contributed by atoms with van der Waals surface area (Å²) in [6.45, 7) is 0. The third-order valence-corrected chi connectivity index (χ3v) is 4.70. The first-order valence-corrected chi connectivity index (χ1v) is 7.82. The van der Waals surface area contributed by atoms with E-state index in [0.717, 1.165) is 22.9 Å². The molecule has 0 bridgehead atoms. The van der Waals surface area contributed by atoms with Crippen molar-refractivity contribution in [3.05, 3.63) is 94.3 Å². The average molecular weight is 333 g/mol. The molecule has 1 aromatic heterocycles. The summed E-state index contributed by atoms with van der Waals surface area (Å²) in [5.41, 5.74) is 2.81. The molecule has 0 saturated heterocycles. The van der Waals surface area contributed by atoms with Crippen LogP contribution in [0.25, 0.3) is 6.08 Å². The summed E-state index contributed by atoms with van der Waals surface area (Å²) in [7, 11) is 0. The van der Waals surface area contributed by atoms with Gasteiger partial charge in [0.1, 0.15) is 6.07 Å². The minimum absolute atomic E-state index is 0.332. The van der Waals surface area contributed by atoms with Crippen LogP contribution in [0.2, 0.25) is 0 Å². The van der Waals surface area contributed by atoms with Gasteiger partial charge >= 0.3 is 0 Å². The van der Waals surface area contributed by atoms with Crippen LogP contribution in [0.3, 0.4) is 0 Å². The summed E-state index contributed by atoms with van der Waals surface area (Å²) in [6, 6.07) is 15.7. The number of nitrogens with zero attached hydrogens (tertiary/aromatic N) is 2. The average Bonchev–Trinajstić information content (AvgIpc) is 3.06. The summed E-state index contributed by atoms with van der Waals surface area (Å²) in [6.07, 6.45) is 4.24. The minimum Gasteiger partial charge on any atom is -0.281 e. The van der Waals surface area contributed by atoms with Gasteiger partial charge in [0.15, 0.2) is 17.3 Å². The van der Waals surface area contributed by atoms with Gasteiger partial charge in [-0.15, -0.1) is 0 Å². The molecule has 4 rings (SSSR count). The lowest BCUT2D eigenvalue weighted by molar-refractivity contribution is 0.502. The second-order valence-corrected chi connectivity index (χ2v) is 6.05. The molecule has 0 radical (unpaired) electrons. The van der Waals surface area contributed by atoms with Gasteiger partial charge in [-0.3, -0.25) is 5.10 Å². The summed E-state index contributed by atoms with van der Waals surface area (Å²) < 4.78 is 27.3. The molecule has 0 spiro atoms. The molecule has 1 N–H and O–H groups in total. The molecule has 2 aromatic carbocycles. The fourth-order valence-corrected chi connectivity index (χ4v) is 3.42. The number of H-pyrrole nitrogens is 1. The molecule has 1 aliphatic carbocycles. The Bertz CT molecular complexity index is 1020. The quantitative estimate of drug-likeness (QED) is 0.767. The Hall–Kier alpha value is -3.26. The predicted molar refractivity (Wildman–Crippen MR) is 89.6 cm³/mol. The molecule has 1 unspecified atom stereocenters. The molecule has 5 heteroatoms. The largest absolute Gasteiger partial charge is 0.281 e. The third-order valence-electron chi connectivity index (χ3n) is 4.70. The standard InChI is InChI=1S/C20H13F2N3/c21-16-7-6-14(10-17(16)22)20(13-4-2-1-3-5-13)9-8-15-18(11-20)24-25-19(15)12-23/h1-10H,11H2,(H,24,25). The lowest BCUT2D eigenvalue weighted by Gasteiger charge is -2.34. The monoisotopic (exact) mass is 333 g/mol. The van der Waals surface area contributed by atoms with Crippen LogP contribution in [-0.4, -0.2) is 10.2 Å². The first kappa shape index (κ1) is 15.3. The van der Waals surface area contributed by atoms with Crippen molar-refractivity contribution < 1.29 is 8.78 Å². The highest BCUT2D eigenvalue weighted by atomic mass is 19.2. The molecule has 0 amide bonds. The molecule has 1 heterocycles. The van der Waals surface area contributed by atoms with Gasteiger partial charge in [0, 0.05) is 23.1 Å². The van der Waals surface area contributed by atoms with Crippen LogP contribution >= 0.6 is 0 Å². The smallest absolute Gasteiger partial charge is 0.169 e. The number of aromatic nitrogens is 2. The van der Waals surface area contributed by atoms with Gasteiger partial charge in [0.2, 0.25) is 0 Å². The van der Waals surface area contributed by atoms with E-state index >= 15 is 0 Å². The van der Waals surface area contributed by atoms with Crippen molar-refractivity contribution in [3.8, 4) is 6.07 Å². The van der Waals surface area contributed by atoms with E-state index in [-0.39, 0.29) is 0 Å². The van der Waals surface area contributed by atoms with E-state index in [4.69, 9.17) is 5.26 Å². The Morgan fingerprint density at radius 2 is 1.84 bits per heavy atom. The van der Waals surface area contributed by atoms with Crippen molar-refractivity contribution in [3.63, 3.8) is 0 Å². The molecule has 1 aliphatic rings. The highest BCUT2D eigenvalue weighted by Crippen LogP contribution is 2.41. The van der Waals surface area contributed by atoms with E-state index in [1.54, 1.807) is 6.07 Å². The van der Waals surface area contributed by atoms with Crippen LogP contribution in [-0.2, 0) is 11.8 Å². The first-order chi connectivity index (χ1) is 12.1. The zero-order chi connectivity index (χ0) is 17.4. The minimum atomic E-state index is -0.880. The fraction of sp³-hybridized carbons (Fsp3) is 0.100. The van der Waals surface area contributed by atoms with Gasteiger partial charge in [-0.1, -0.05) is 48.6 Å². The van der Waals surface area contributed by atoms with E-state index in [0.29, 0.717) is 17.7 Å². The van der Waals surface area contributed by atoms with E-state index in [1.165, 1.54) is 6.07 Å². The first-order valence-electron chi connectivity index (χ1n) is 7.82. The number of hydrogen-bond donors (Lipinski definition) is 1. The van der Waals surface area contributed by atoms with Crippen LogP contribution in [0.4, 0.5) is 8.78 Å². The third kappa shape index (κ3) is 2.34. The number of allylic oxidation sites excluding steroid dienone is 1. The van der Waals surface area contributed by atoms with Crippen LogP contribution in [0.5, 0.6) is 0 Å². The predicted octanol–water partition coefficient (Wildman–Crippen LogP) is 4.12. The second-order valence-electron chi connectivity index (χ2n) is 6.05. The van der Waals surface area contributed by atoms with Gasteiger partial charge in [0.05, 0.1) is 0 Å². The van der Waals surface area contributed by atoms with Crippen LogP contribution in [0.1, 0.15) is 28.1 Å². The maximum atomic E-state index is 13.9. The van der Waals surface area contributed by atoms with Gasteiger partial charge in [0.25, 0.3) is 0 Å². The van der Waals surface area contributed by atoms with Crippen molar-refractivity contribution in [2.24, 2.45) is 0 Å². The van der Waals surface area contributed by atoms with Crippen LogP contribution in [0, 0.1) is 23.0 Å². The lowest BCUT2D eigenvalue weighted by Crippen LogP contribution is -2.30. The number of benzene rings is 2. The molecule has 25 heavy (non-hydrogen) atoms. The molecule has 0 fully saturated rings. The van der Waals surface area contributed by atoms with Gasteiger partial charge in [-0.25, -0.2) is 8.78 Å². The number of nitriles is 1. The molecule has 0 saturated carbocycles. The van der Waals surface area contributed by atoms with Crippen LogP contribution < -0.4 is 0 Å². The van der Waals surface area contributed by atoms with E-state index in [9.17, 15) is 8.78 Å². The van der Waals surface area contributed by atoms with Gasteiger partial charge in [-0.2, -0.15) is 10.4 Å². The zero-order valence-corrected chi connectivity index (χ0v) is 13.1. The fourth-order valence-electron chi connectivity index (χ4n) is 3.42. The number of aromatic amines is 1. The van der Waals surface area contributed by atoms with Crippen molar-refractivity contribution in [2.75, 3.05) is 0 Å². The van der Waals surface area contributed by atoms with Crippen molar-refractivity contribution >= 4 is 6.08 Å². The molecule has 0 aliphatic heterocycles. The Labute approximate surface area is 143 Å². The summed E-state index contributed by atoms with van der Waals surface area (Å²) in [5.74, 6) is -1.75. The second kappa shape index (κ2) is 5.67. The zero-order valence-electron chi connectivity index (χ0n) is 13.1. The highest BCUT2D eigenvalue weighted by molar-refractivity contribution is 5.66. The summed E-state index contributed by atoms with van der Waals surface area (Å²) in [5, 5.41) is 16.1. The molecule has 3 aromatic rings. The normalized spacial score (nSPS) is 18.6. The Morgan fingerprint density at radius 3 is 2.56 bits per heavy atom. The summed E-state index contributed by atoms with van der Waals surface area (Å²) >= 11 is 0. The van der Waals surface area contributed by atoms with E-state index in [1.807, 2.05) is 42.5 Å². The molecular weight excluding hydrogens is 320 g/mol.